The Bertz CT molecular complexity index is 269. The van der Waals surface area contributed by atoms with Crippen LogP contribution in [0, 0.1) is 0 Å². The lowest BCUT2D eigenvalue weighted by Gasteiger charge is -2.10. The lowest BCUT2D eigenvalue weighted by atomic mass is 10.2. The molecule has 0 heterocycles. The molecule has 1 aromatic rings. The molecule has 0 saturated heterocycles. The van der Waals surface area contributed by atoms with Gasteiger partial charge in [-0.05, 0) is 38.5 Å². The van der Waals surface area contributed by atoms with Gasteiger partial charge in [-0.1, -0.05) is 12.1 Å². The molecule has 0 aromatic heterocycles. The van der Waals surface area contributed by atoms with Crippen molar-refractivity contribution in [2.24, 2.45) is 0 Å². The van der Waals surface area contributed by atoms with E-state index in [1.54, 1.807) is 0 Å². The molecule has 3 nitrogen and oxygen atoms in total. The highest BCUT2D eigenvalue weighted by molar-refractivity contribution is 5.27. The quantitative estimate of drug-likeness (QED) is 0.577. The lowest BCUT2D eigenvalue weighted by molar-refractivity contribution is 0.0463. The van der Waals surface area contributed by atoms with Gasteiger partial charge in [0.1, 0.15) is 5.75 Å². The molecular weight excluding hydrogens is 190 g/mol. The minimum Gasteiger partial charge on any atom is -0.491 e. The molecule has 0 atom stereocenters. The van der Waals surface area contributed by atoms with E-state index in [1.165, 1.54) is 5.56 Å². The molecule has 1 aromatic carbocycles. The zero-order valence-corrected chi connectivity index (χ0v) is 9.62. The van der Waals surface area contributed by atoms with Crippen LogP contribution in [0.4, 0.5) is 0 Å². The molecule has 0 aliphatic heterocycles. The van der Waals surface area contributed by atoms with Crippen molar-refractivity contribution in [3.8, 4) is 5.75 Å². The number of hydrogen-bond donors (Lipinski definition) is 1. The summed E-state index contributed by atoms with van der Waals surface area (Å²) in [5.74, 6) is 0.908. The Balaban J connectivity index is 2.42. The van der Waals surface area contributed by atoms with E-state index in [0.29, 0.717) is 6.61 Å². The Hall–Kier alpha value is -1.06. The summed E-state index contributed by atoms with van der Waals surface area (Å²) in [7, 11) is 0. The third-order valence-corrected chi connectivity index (χ3v) is 1.82. The van der Waals surface area contributed by atoms with Gasteiger partial charge in [0.15, 0.2) is 0 Å². The molecule has 0 spiro atoms. The van der Waals surface area contributed by atoms with Crippen LogP contribution in [-0.2, 0) is 11.4 Å². The third-order valence-electron chi connectivity index (χ3n) is 1.82. The summed E-state index contributed by atoms with van der Waals surface area (Å²) in [5.41, 5.74) is 4.05. The Labute approximate surface area is 91.4 Å². The van der Waals surface area contributed by atoms with Crippen LogP contribution in [0.25, 0.3) is 0 Å². The zero-order chi connectivity index (χ0) is 11.1. The first-order chi connectivity index (χ1) is 7.22. The van der Waals surface area contributed by atoms with Crippen LogP contribution in [0.3, 0.4) is 0 Å². The van der Waals surface area contributed by atoms with Crippen LogP contribution < -0.4 is 10.2 Å². The van der Waals surface area contributed by atoms with E-state index in [0.717, 1.165) is 12.3 Å². The van der Waals surface area contributed by atoms with E-state index in [-0.39, 0.29) is 6.10 Å². The van der Waals surface area contributed by atoms with Crippen LogP contribution in [0.2, 0.25) is 0 Å². The fraction of sp³-hybridized carbons (Fsp3) is 0.500. The first-order valence-corrected chi connectivity index (χ1v) is 5.32. The molecule has 15 heavy (non-hydrogen) atoms. The molecule has 0 fully saturated rings. The minimum atomic E-state index is 0.220. The first kappa shape index (κ1) is 12.0. The number of ether oxygens (including phenoxy) is 1. The largest absolute Gasteiger partial charge is 0.491 e. The van der Waals surface area contributed by atoms with Gasteiger partial charge in [0.05, 0.1) is 12.7 Å². The fourth-order valence-corrected chi connectivity index (χ4v) is 1.19. The average molecular weight is 209 g/mol. The van der Waals surface area contributed by atoms with Gasteiger partial charge in [-0.2, -0.15) is 5.48 Å². The second-order valence-electron chi connectivity index (χ2n) is 3.56. The van der Waals surface area contributed by atoms with Crippen molar-refractivity contribution < 1.29 is 9.57 Å². The Kier molecular flexibility index (Phi) is 5.15. The Morgan fingerprint density at radius 3 is 2.40 bits per heavy atom. The molecule has 0 amide bonds. The van der Waals surface area contributed by atoms with E-state index < -0.39 is 0 Å². The summed E-state index contributed by atoms with van der Waals surface area (Å²) in [6.45, 7) is 7.38. The molecule has 0 bridgehead atoms. The molecule has 3 heteroatoms. The van der Waals surface area contributed by atoms with Crippen molar-refractivity contribution in [2.75, 3.05) is 6.61 Å². The molecule has 0 saturated carbocycles. The van der Waals surface area contributed by atoms with E-state index in [1.807, 2.05) is 45.0 Å². The highest BCUT2D eigenvalue weighted by atomic mass is 16.6. The summed E-state index contributed by atoms with van der Waals surface area (Å²) in [5, 5.41) is 0. The van der Waals surface area contributed by atoms with Gasteiger partial charge < -0.3 is 9.57 Å². The van der Waals surface area contributed by atoms with Crippen molar-refractivity contribution in [2.45, 2.75) is 33.4 Å². The average Bonchev–Trinajstić information content (AvgIpc) is 2.20. The summed E-state index contributed by atoms with van der Waals surface area (Å²) < 4.78 is 5.54. The normalized spacial score (nSPS) is 10.7. The maximum absolute atomic E-state index is 5.54. The number of nitrogens with one attached hydrogen (secondary N) is 1. The summed E-state index contributed by atoms with van der Waals surface area (Å²) >= 11 is 0. The van der Waals surface area contributed by atoms with Gasteiger partial charge in [-0.3, -0.25) is 0 Å². The topological polar surface area (TPSA) is 30.5 Å². The first-order valence-electron chi connectivity index (χ1n) is 5.32. The standard InChI is InChI=1S/C12H19NO2/c1-4-14-13-9-11-5-7-12(8-6-11)15-10(2)3/h5-8,10,13H,4,9H2,1-3H3. The fourth-order valence-electron chi connectivity index (χ4n) is 1.19. The van der Waals surface area contributed by atoms with Crippen LogP contribution in [0.5, 0.6) is 5.75 Å². The van der Waals surface area contributed by atoms with E-state index in [2.05, 4.69) is 5.48 Å². The van der Waals surface area contributed by atoms with Crippen molar-refractivity contribution in [3.05, 3.63) is 29.8 Å². The second kappa shape index (κ2) is 6.43. The molecular formula is C12H19NO2. The highest BCUT2D eigenvalue weighted by Gasteiger charge is 1.97. The molecule has 0 aliphatic carbocycles. The van der Waals surface area contributed by atoms with Crippen LogP contribution in [0.15, 0.2) is 24.3 Å². The maximum Gasteiger partial charge on any atom is 0.119 e. The lowest BCUT2D eigenvalue weighted by Crippen LogP contribution is -2.13. The second-order valence-corrected chi connectivity index (χ2v) is 3.56. The Morgan fingerprint density at radius 2 is 1.87 bits per heavy atom. The van der Waals surface area contributed by atoms with Crippen molar-refractivity contribution >= 4 is 0 Å². The monoisotopic (exact) mass is 209 g/mol. The predicted octanol–water partition coefficient (Wildman–Crippen LogP) is 2.51. The molecule has 84 valence electrons. The van der Waals surface area contributed by atoms with Crippen molar-refractivity contribution in [1.29, 1.82) is 0 Å². The SMILES string of the molecule is CCONCc1ccc(OC(C)C)cc1. The van der Waals surface area contributed by atoms with Gasteiger partial charge >= 0.3 is 0 Å². The molecule has 1 N–H and O–H groups in total. The number of benzene rings is 1. The van der Waals surface area contributed by atoms with Gasteiger partial charge in [0.25, 0.3) is 0 Å². The highest BCUT2D eigenvalue weighted by Crippen LogP contribution is 2.13. The van der Waals surface area contributed by atoms with E-state index >= 15 is 0 Å². The summed E-state index contributed by atoms with van der Waals surface area (Å²) in [6, 6.07) is 8.01. The smallest absolute Gasteiger partial charge is 0.119 e. The van der Waals surface area contributed by atoms with Gasteiger partial charge in [-0.15, -0.1) is 0 Å². The number of rotatable bonds is 6. The van der Waals surface area contributed by atoms with E-state index in [9.17, 15) is 0 Å². The van der Waals surface area contributed by atoms with Gasteiger partial charge in [-0.25, -0.2) is 0 Å². The van der Waals surface area contributed by atoms with Gasteiger partial charge in [0.2, 0.25) is 0 Å². The molecule has 1 rings (SSSR count). The molecule has 0 aliphatic rings. The van der Waals surface area contributed by atoms with Gasteiger partial charge in [0, 0.05) is 6.54 Å². The zero-order valence-electron chi connectivity index (χ0n) is 9.62. The Morgan fingerprint density at radius 1 is 1.20 bits per heavy atom. The molecule has 0 radical (unpaired) electrons. The van der Waals surface area contributed by atoms with Crippen molar-refractivity contribution in [3.63, 3.8) is 0 Å². The third kappa shape index (κ3) is 4.81. The van der Waals surface area contributed by atoms with Crippen LogP contribution >= 0.6 is 0 Å². The van der Waals surface area contributed by atoms with Crippen LogP contribution in [-0.4, -0.2) is 12.7 Å². The summed E-state index contributed by atoms with van der Waals surface area (Å²) in [4.78, 5) is 5.05. The van der Waals surface area contributed by atoms with Crippen LogP contribution in [0.1, 0.15) is 26.3 Å². The minimum absolute atomic E-state index is 0.220. The molecule has 0 unspecified atom stereocenters. The van der Waals surface area contributed by atoms with E-state index in [4.69, 9.17) is 9.57 Å². The number of hydroxylamine groups is 1. The maximum atomic E-state index is 5.54. The summed E-state index contributed by atoms with van der Waals surface area (Å²) in [6.07, 6.45) is 0.220. The number of hydrogen-bond acceptors (Lipinski definition) is 3. The van der Waals surface area contributed by atoms with Crippen molar-refractivity contribution in [1.82, 2.24) is 5.48 Å². The predicted molar refractivity (Wildman–Crippen MR) is 60.7 cm³/mol.